The van der Waals surface area contributed by atoms with Crippen LogP contribution in [0.15, 0.2) is 66.7 Å². The maximum atomic E-state index is 12.8. The predicted molar refractivity (Wildman–Crippen MR) is 144 cm³/mol. The molecular formula is C30H28O12. The largest absolute Gasteiger partial charge is 0.508 e. The van der Waals surface area contributed by atoms with Gasteiger partial charge in [-0.05, 0) is 41.5 Å². The number of fused-ring (bicyclic) bond motifs is 1. The molecule has 0 unspecified atom stereocenters. The van der Waals surface area contributed by atoms with Gasteiger partial charge in [0.05, 0.1) is 6.42 Å². The first kappa shape index (κ1) is 28.9. The van der Waals surface area contributed by atoms with Crippen molar-refractivity contribution in [1.82, 2.24) is 0 Å². The normalized spacial score (nSPS) is 25.5. The molecule has 0 spiro atoms. The summed E-state index contributed by atoms with van der Waals surface area (Å²) in [6, 6.07) is 14.6. The number of carbonyl (C=O) groups is 2. The number of ketones is 1. The van der Waals surface area contributed by atoms with Crippen molar-refractivity contribution in [1.29, 1.82) is 0 Å². The number of Topliss-reactive ketones (excluding diaryl/α,β-unsaturated/α-hetero) is 1. The molecule has 2 aliphatic rings. The van der Waals surface area contributed by atoms with Crippen molar-refractivity contribution in [2.75, 3.05) is 6.61 Å². The maximum Gasteiger partial charge on any atom is 0.330 e. The zero-order chi connectivity index (χ0) is 30.0. The van der Waals surface area contributed by atoms with E-state index >= 15 is 0 Å². The first-order chi connectivity index (χ1) is 20.1. The topological polar surface area (TPSA) is 192 Å². The van der Waals surface area contributed by atoms with E-state index in [-0.39, 0.29) is 40.8 Å². The number of aliphatic hydroxyl groups is 3. The van der Waals surface area contributed by atoms with Gasteiger partial charge in [-0.15, -0.1) is 0 Å². The third-order valence-corrected chi connectivity index (χ3v) is 6.85. The summed E-state index contributed by atoms with van der Waals surface area (Å²) in [4.78, 5) is 25.0. The van der Waals surface area contributed by atoms with Crippen LogP contribution in [-0.4, -0.2) is 79.7 Å². The Morgan fingerprint density at radius 1 is 0.905 bits per heavy atom. The van der Waals surface area contributed by atoms with Gasteiger partial charge in [-0.2, -0.15) is 0 Å². The van der Waals surface area contributed by atoms with Crippen molar-refractivity contribution in [3.05, 3.63) is 83.4 Å². The lowest BCUT2D eigenvalue weighted by Crippen LogP contribution is -2.60. The fraction of sp³-hybridized carbons (Fsp3) is 0.267. The van der Waals surface area contributed by atoms with E-state index in [9.17, 15) is 40.2 Å². The molecule has 0 aromatic heterocycles. The van der Waals surface area contributed by atoms with Crippen molar-refractivity contribution < 1.29 is 59.2 Å². The summed E-state index contributed by atoms with van der Waals surface area (Å²) in [5.41, 5.74) is 1.19. The number of aromatic hydroxyl groups is 3. The van der Waals surface area contributed by atoms with Crippen LogP contribution >= 0.6 is 0 Å². The van der Waals surface area contributed by atoms with Gasteiger partial charge >= 0.3 is 5.97 Å². The highest BCUT2D eigenvalue weighted by molar-refractivity contribution is 6.02. The number of hydrogen-bond acceptors (Lipinski definition) is 12. The number of phenolic OH excluding ortho intramolecular Hbond substituents is 3. The highest BCUT2D eigenvalue weighted by Gasteiger charge is 2.45. The van der Waals surface area contributed by atoms with Crippen LogP contribution in [0.1, 0.15) is 34.0 Å². The highest BCUT2D eigenvalue weighted by Crippen LogP contribution is 2.42. The zero-order valence-corrected chi connectivity index (χ0v) is 21.9. The number of phenols is 3. The molecule has 2 aliphatic heterocycles. The van der Waals surface area contributed by atoms with Crippen molar-refractivity contribution >= 4 is 17.8 Å². The number of hydrogen-bond donors (Lipinski definition) is 6. The van der Waals surface area contributed by atoms with Crippen molar-refractivity contribution in [2.24, 2.45) is 0 Å². The van der Waals surface area contributed by atoms with Crippen LogP contribution < -0.4 is 9.47 Å². The number of aliphatic hydroxyl groups excluding tert-OH is 3. The summed E-state index contributed by atoms with van der Waals surface area (Å²) in [5, 5.41) is 60.7. The van der Waals surface area contributed by atoms with Crippen LogP contribution in [0.2, 0.25) is 0 Å². The van der Waals surface area contributed by atoms with E-state index in [1.165, 1.54) is 36.4 Å². The fourth-order valence-corrected chi connectivity index (χ4v) is 4.61. The molecule has 3 aromatic rings. The maximum absolute atomic E-state index is 12.8. The van der Waals surface area contributed by atoms with Crippen LogP contribution in [0.25, 0.3) is 6.08 Å². The summed E-state index contributed by atoms with van der Waals surface area (Å²) in [7, 11) is 0. The number of ether oxygens (including phenoxy) is 4. The molecule has 0 amide bonds. The smallest absolute Gasteiger partial charge is 0.330 e. The minimum Gasteiger partial charge on any atom is -0.508 e. The lowest BCUT2D eigenvalue weighted by Gasteiger charge is -2.40. The Hall–Kier alpha value is -4.62. The molecule has 0 saturated carbocycles. The minimum atomic E-state index is -1.73. The summed E-state index contributed by atoms with van der Waals surface area (Å²) in [5.74, 6) is -1.55. The molecule has 1 fully saturated rings. The number of esters is 1. The summed E-state index contributed by atoms with van der Waals surface area (Å²) >= 11 is 0. The highest BCUT2D eigenvalue weighted by atomic mass is 16.7. The van der Waals surface area contributed by atoms with Crippen molar-refractivity contribution in [2.45, 2.75) is 43.2 Å². The van der Waals surface area contributed by atoms with Gasteiger partial charge in [-0.1, -0.05) is 24.3 Å². The lowest BCUT2D eigenvalue weighted by atomic mass is 9.95. The Labute approximate surface area is 239 Å². The first-order valence-corrected chi connectivity index (χ1v) is 12.9. The van der Waals surface area contributed by atoms with Gasteiger partial charge in [0, 0.05) is 18.2 Å². The van der Waals surface area contributed by atoms with E-state index in [1.54, 1.807) is 24.3 Å². The van der Waals surface area contributed by atoms with E-state index in [1.807, 2.05) is 0 Å². The van der Waals surface area contributed by atoms with Gasteiger partial charge in [0.2, 0.25) is 6.29 Å². The van der Waals surface area contributed by atoms with Crippen LogP contribution in [0.3, 0.4) is 0 Å². The molecule has 1 saturated heterocycles. The van der Waals surface area contributed by atoms with Gasteiger partial charge in [0.15, 0.2) is 5.78 Å². The van der Waals surface area contributed by atoms with Gasteiger partial charge in [-0.25, -0.2) is 4.79 Å². The number of rotatable bonds is 7. The van der Waals surface area contributed by atoms with E-state index in [0.717, 1.165) is 12.1 Å². The fourth-order valence-electron chi connectivity index (χ4n) is 4.61. The van der Waals surface area contributed by atoms with E-state index < -0.39 is 55.1 Å². The van der Waals surface area contributed by atoms with Crippen LogP contribution in [0.5, 0.6) is 28.7 Å². The van der Waals surface area contributed by atoms with Gasteiger partial charge < -0.3 is 49.6 Å². The molecule has 6 atom stereocenters. The second-order valence-electron chi connectivity index (χ2n) is 9.83. The second-order valence-corrected chi connectivity index (χ2v) is 9.83. The average molecular weight is 581 g/mol. The molecular weight excluding hydrogens is 552 g/mol. The van der Waals surface area contributed by atoms with Crippen molar-refractivity contribution in [3.63, 3.8) is 0 Å². The van der Waals surface area contributed by atoms with E-state index in [4.69, 9.17) is 18.9 Å². The molecule has 220 valence electrons. The number of benzene rings is 3. The Kier molecular flexibility index (Phi) is 8.31. The first-order valence-electron chi connectivity index (χ1n) is 12.9. The van der Waals surface area contributed by atoms with Crippen LogP contribution in [-0.2, 0) is 14.3 Å². The molecule has 0 aliphatic carbocycles. The molecule has 6 N–H and O–H groups in total. The van der Waals surface area contributed by atoms with Crippen LogP contribution in [0, 0.1) is 0 Å². The monoisotopic (exact) mass is 580 g/mol. The average Bonchev–Trinajstić information content (AvgIpc) is 2.96. The van der Waals surface area contributed by atoms with E-state index in [2.05, 4.69) is 0 Å². The molecule has 2 heterocycles. The third-order valence-electron chi connectivity index (χ3n) is 6.85. The summed E-state index contributed by atoms with van der Waals surface area (Å²) in [6.07, 6.45) is -6.12. The molecule has 0 radical (unpaired) electrons. The Morgan fingerprint density at radius 3 is 2.26 bits per heavy atom. The molecule has 0 bridgehead atoms. The predicted octanol–water partition coefficient (Wildman–Crippen LogP) is 1.95. The van der Waals surface area contributed by atoms with Gasteiger partial charge in [-0.3, -0.25) is 4.79 Å². The molecule has 12 heteroatoms. The standard InChI is InChI=1S/C30H28O12/c31-17-6-1-15(2-7-17)3-10-25(35)39-14-24-27(36)28(37)29(38)30(42-24)40-19-11-20(33)26-21(34)13-22(41-23(26)12-19)16-4-8-18(32)9-5-16/h1-12,22,24,27-33,36-38H,13-14H2/b10-3+/t22-,24+,27-,28-,29-,30+/m0/s1. The van der Waals surface area contributed by atoms with Gasteiger partial charge in [0.25, 0.3) is 0 Å². The van der Waals surface area contributed by atoms with Crippen LogP contribution in [0.4, 0.5) is 0 Å². The molecule has 5 rings (SSSR count). The SMILES string of the molecule is O=C(/C=C/c1ccc(O)cc1)OC[C@H]1O[C@@H](Oc2cc(O)c3c(c2)O[C@H](c2ccc(O)cc2)CC3=O)[C@@H](O)[C@@H](O)[C@H]1O. The minimum absolute atomic E-state index is 0.0103. The second kappa shape index (κ2) is 12.1. The Morgan fingerprint density at radius 2 is 1.57 bits per heavy atom. The molecule has 12 nitrogen and oxygen atoms in total. The quantitative estimate of drug-likeness (QED) is 0.176. The third kappa shape index (κ3) is 6.31. The lowest BCUT2D eigenvalue weighted by molar-refractivity contribution is -0.278. The number of carbonyl (C=O) groups excluding carboxylic acids is 2. The zero-order valence-electron chi connectivity index (χ0n) is 21.9. The van der Waals surface area contributed by atoms with Crippen molar-refractivity contribution in [3.8, 4) is 28.7 Å². The summed E-state index contributed by atoms with van der Waals surface area (Å²) < 4.78 is 22.3. The molecule has 3 aromatic carbocycles. The summed E-state index contributed by atoms with van der Waals surface area (Å²) in [6.45, 7) is -0.495. The van der Waals surface area contributed by atoms with E-state index in [0.29, 0.717) is 11.1 Å². The van der Waals surface area contributed by atoms with Gasteiger partial charge in [0.1, 0.15) is 71.4 Å². The Bertz CT molecular complexity index is 1470. The Balaban J connectivity index is 1.26. The molecule has 42 heavy (non-hydrogen) atoms.